The zero-order valence-corrected chi connectivity index (χ0v) is 25.9. The third-order valence-electron chi connectivity index (χ3n) is 6.98. The van der Waals surface area contributed by atoms with Crippen molar-refractivity contribution in [2.45, 2.75) is 71.9 Å². The maximum atomic E-state index is 14.4. The number of halogens is 1. The lowest BCUT2D eigenvalue weighted by molar-refractivity contribution is -0.133. The summed E-state index contributed by atoms with van der Waals surface area (Å²) in [5.41, 5.74) is 1.40. The number of carbonyl (C=O) groups excluding carboxylic acids is 4. The first-order chi connectivity index (χ1) is 21.3. The van der Waals surface area contributed by atoms with Gasteiger partial charge in [0, 0.05) is 31.3 Å². The van der Waals surface area contributed by atoms with Gasteiger partial charge < -0.3 is 35.2 Å². The van der Waals surface area contributed by atoms with Gasteiger partial charge in [-0.1, -0.05) is 37.2 Å². The van der Waals surface area contributed by atoms with Crippen molar-refractivity contribution in [3.05, 3.63) is 64.3 Å². The topological polar surface area (TPSA) is 187 Å². The number of aryl methyl sites for hydroxylation is 2. The Morgan fingerprint density at radius 2 is 1.93 bits per heavy atom. The van der Waals surface area contributed by atoms with E-state index in [1.165, 1.54) is 30.0 Å². The fraction of sp³-hybridized carbons (Fsp3) is 0.484. The van der Waals surface area contributed by atoms with Crippen LogP contribution in [-0.2, 0) is 25.7 Å². The Morgan fingerprint density at radius 1 is 1.20 bits per heavy atom. The molecule has 4 atom stereocenters. The van der Waals surface area contributed by atoms with Gasteiger partial charge in [0.2, 0.25) is 17.6 Å². The second-order valence-electron chi connectivity index (χ2n) is 11.3. The van der Waals surface area contributed by atoms with Crippen molar-refractivity contribution in [2.75, 3.05) is 19.7 Å². The number of nitriles is 1. The van der Waals surface area contributed by atoms with Gasteiger partial charge in [-0.05, 0) is 44.7 Å². The van der Waals surface area contributed by atoms with Crippen LogP contribution in [0.3, 0.4) is 0 Å². The first-order valence-corrected chi connectivity index (χ1v) is 14.6. The number of allylic oxidation sites excluding steroid dienone is 1. The van der Waals surface area contributed by atoms with Gasteiger partial charge in [0.1, 0.15) is 29.5 Å². The number of hydrogen-bond donors (Lipinski definition) is 4. The number of carbonyl (C=O) groups is 4. The summed E-state index contributed by atoms with van der Waals surface area (Å²) in [6.07, 6.45) is 0.138. The molecule has 1 aliphatic rings. The van der Waals surface area contributed by atoms with E-state index in [1.54, 1.807) is 26.0 Å². The van der Waals surface area contributed by atoms with E-state index in [0.717, 1.165) is 0 Å². The molecule has 1 aromatic heterocycles. The second-order valence-corrected chi connectivity index (χ2v) is 11.3. The molecule has 0 spiro atoms. The Hall–Kier alpha value is -4.61. The quantitative estimate of drug-likeness (QED) is 0.188. The number of aliphatic hydroxyl groups is 1. The van der Waals surface area contributed by atoms with Gasteiger partial charge >= 0.3 is 0 Å². The minimum absolute atomic E-state index is 0.00429. The average Bonchev–Trinajstić information content (AvgIpc) is 3.64. The highest BCUT2D eigenvalue weighted by Gasteiger charge is 2.33. The van der Waals surface area contributed by atoms with E-state index in [-0.39, 0.29) is 42.5 Å². The van der Waals surface area contributed by atoms with Crippen LogP contribution >= 0.6 is 0 Å². The Morgan fingerprint density at radius 3 is 2.53 bits per heavy atom. The minimum Gasteiger partial charge on any atom is -0.391 e. The van der Waals surface area contributed by atoms with E-state index in [0.29, 0.717) is 24.2 Å². The molecule has 4 amide bonds. The highest BCUT2D eigenvalue weighted by molar-refractivity contribution is 5.98. The minimum atomic E-state index is -1.48. The molecule has 0 radical (unpaired) electrons. The van der Waals surface area contributed by atoms with E-state index in [1.807, 2.05) is 19.9 Å². The molecule has 4 N–H and O–H groups in total. The molecule has 1 saturated heterocycles. The normalized spacial score (nSPS) is 16.9. The fourth-order valence-electron chi connectivity index (χ4n) is 4.57. The summed E-state index contributed by atoms with van der Waals surface area (Å²) in [7, 11) is 0. The highest BCUT2D eigenvalue weighted by atomic mass is 19.1. The van der Waals surface area contributed by atoms with E-state index in [2.05, 4.69) is 21.1 Å². The number of amides is 4. The molecule has 2 aromatic rings. The third kappa shape index (κ3) is 9.95. The molecule has 1 fully saturated rings. The van der Waals surface area contributed by atoms with Crippen LogP contribution in [-0.4, -0.2) is 82.8 Å². The number of aliphatic hydroxyl groups excluding tert-OH is 1. The zero-order chi connectivity index (χ0) is 33.3. The van der Waals surface area contributed by atoms with Crippen LogP contribution < -0.4 is 16.0 Å². The number of likely N-dealkylation sites (tertiary alicyclic amines) is 1. The zero-order valence-electron chi connectivity index (χ0n) is 25.9. The number of nitrogens with one attached hydrogen (secondary N) is 3. The van der Waals surface area contributed by atoms with E-state index in [4.69, 9.17) is 9.26 Å². The molecule has 2 unspecified atom stereocenters. The van der Waals surface area contributed by atoms with Crippen LogP contribution in [0.4, 0.5) is 4.39 Å². The van der Waals surface area contributed by atoms with Crippen LogP contribution in [0, 0.1) is 36.9 Å². The SMILES string of the molecule is Cc1ccc(CNC(=O)C(COC2CCN(C(=O)C(C#N)=CC(C)C)C2)NC(=O)[C@@H](NC(=O)c2cc(C)no2)[C@@H](C)O)c(F)c1. The number of nitrogens with zero attached hydrogens (tertiary/aromatic N) is 3. The Balaban J connectivity index is 1.71. The van der Waals surface area contributed by atoms with E-state index < -0.39 is 53.7 Å². The van der Waals surface area contributed by atoms with Crippen molar-refractivity contribution in [1.29, 1.82) is 5.26 Å². The van der Waals surface area contributed by atoms with Gasteiger partial charge in [0.15, 0.2) is 0 Å². The summed E-state index contributed by atoms with van der Waals surface area (Å²) in [5.74, 6) is -3.50. The van der Waals surface area contributed by atoms with Crippen molar-refractivity contribution in [2.24, 2.45) is 5.92 Å². The predicted octanol–water partition coefficient (Wildman–Crippen LogP) is 1.43. The molecule has 242 valence electrons. The molecule has 45 heavy (non-hydrogen) atoms. The van der Waals surface area contributed by atoms with Gasteiger partial charge in [0.25, 0.3) is 11.8 Å². The van der Waals surface area contributed by atoms with Crippen molar-refractivity contribution in [3.8, 4) is 6.07 Å². The first kappa shape index (κ1) is 34.9. The van der Waals surface area contributed by atoms with Gasteiger partial charge in [-0.25, -0.2) is 4.39 Å². The van der Waals surface area contributed by atoms with Crippen LogP contribution in [0.15, 0.2) is 40.4 Å². The molecule has 1 aliphatic heterocycles. The lowest BCUT2D eigenvalue weighted by Crippen LogP contribution is -2.58. The second kappa shape index (κ2) is 15.9. The molecular weight excluding hydrogens is 587 g/mol. The lowest BCUT2D eigenvalue weighted by atomic mass is 10.1. The molecular formula is C31H39FN6O7. The van der Waals surface area contributed by atoms with Crippen molar-refractivity contribution in [3.63, 3.8) is 0 Å². The Bertz CT molecular complexity index is 1460. The highest BCUT2D eigenvalue weighted by Crippen LogP contribution is 2.17. The number of benzene rings is 1. The van der Waals surface area contributed by atoms with Crippen LogP contribution in [0.2, 0.25) is 0 Å². The van der Waals surface area contributed by atoms with Crippen molar-refractivity contribution < 1.29 is 37.9 Å². The third-order valence-corrected chi connectivity index (χ3v) is 6.98. The fourth-order valence-corrected chi connectivity index (χ4v) is 4.57. The monoisotopic (exact) mass is 626 g/mol. The van der Waals surface area contributed by atoms with E-state index >= 15 is 0 Å². The van der Waals surface area contributed by atoms with Gasteiger partial charge in [0.05, 0.1) is 24.5 Å². The van der Waals surface area contributed by atoms with Crippen LogP contribution in [0.1, 0.15) is 54.6 Å². The number of rotatable bonds is 13. The number of hydrogen-bond acceptors (Lipinski definition) is 9. The smallest absolute Gasteiger partial charge is 0.290 e. The molecule has 1 aromatic carbocycles. The summed E-state index contributed by atoms with van der Waals surface area (Å²) in [4.78, 5) is 53.4. The molecule has 0 aliphatic carbocycles. The Labute approximate surface area is 260 Å². The van der Waals surface area contributed by atoms with Crippen molar-refractivity contribution >= 4 is 23.6 Å². The standard InChI is InChI=1S/C31H39FN6O7/c1-17(2)10-22(13-33)31(43)38-9-8-23(15-38)44-16-25(28(40)34-14-21-7-6-18(3)11-24(21)32)35-30(42)27(20(5)39)36-29(41)26-12-19(4)37-45-26/h6-7,10-12,17,20,23,25,27,39H,8-9,14-16H2,1-5H3,(H,34,40)(H,35,42)(H,36,41)/t20-,23?,25?,27+/m1/s1. The molecule has 14 heteroatoms. The van der Waals surface area contributed by atoms with E-state index in [9.17, 15) is 33.9 Å². The molecule has 2 heterocycles. The van der Waals surface area contributed by atoms with Gasteiger partial charge in [-0.15, -0.1) is 0 Å². The molecule has 0 bridgehead atoms. The Kier molecular flexibility index (Phi) is 12.3. The maximum Gasteiger partial charge on any atom is 0.290 e. The summed E-state index contributed by atoms with van der Waals surface area (Å²) < 4.78 is 25.2. The first-order valence-electron chi connectivity index (χ1n) is 14.6. The summed E-state index contributed by atoms with van der Waals surface area (Å²) in [6, 6.07) is 5.04. The van der Waals surface area contributed by atoms with Gasteiger partial charge in [-0.2, -0.15) is 5.26 Å². The maximum absolute atomic E-state index is 14.4. The van der Waals surface area contributed by atoms with Gasteiger partial charge in [-0.3, -0.25) is 19.2 Å². The van der Waals surface area contributed by atoms with Crippen LogP contribution in [0.25, 0.3) is 0 Å². The number of ether oxygens (including phenoxy) is 1. The van der Waals surface area contributed by atoms with Crippen LogP contribution in [0.5, 0.6) is 0 Å². The average molecular weight is 627 g/mol. The molecule has 0 saturated carbocycles. The number of aromatic nitrogens is 1. The lowest BCUT2D eigenvalue weighted by Gasteiger charge is -2.25. The molecule has 3 rings (SSSR count). The predicted molar refractivity (Wildman–Crippen MR) is 159 cm³/mol. The largest absolute Gasteiger partial charge is 0.391 e. The summed E-state index contributed by atoms with van der Waals surface area (Å²) in [6.45, 7) is 8.31. The summed E-state index contributed by atoms with van der Waals surface area (Å²) >= 11 is 0. The molecule has 13 nitrogen and oxygen atoms in total. The summed E-state index contributed by atoms with van der Waals surface area (Å²) in [5, 5.41) is 30.8. The van der Waals surface area contributed by atoms with Crippen molar-refractivity contribution in [1.82, 2.24) is 26.0 Å².